The van der Waals surface area contributed by atoms with Crippen LogP contribution in [-0.4, -0.2) is 31.4 Å². The molecule has 0 saturated carbocycles. The van der Waals surface area contributed by atoms with Gasteiger partial charge in [-0.25, -0.2) is 9.79 Å². The first kappa shape index (κ1) is 28.6. The second kappa shape index (κ2) is 12.7. The molecule has 0 amide bonds. The van der Waals surface area contributed by atoms with Crippen LogP contribution in [0.5, 0.6) is 17.2 Å². The first-order chi connectivity index (χ1) is 20.4. The van der Waals surface area contributed by atoms with Crippen molar-refractivity contribution in [2.75, 3.05) is 20.8 Å². The number of hydrogen-bond donors (Lipinski definition) is 0. The molecule has 0 N–H and O–H groups in total. The lowest BCUT2D eigenvalue weighted by atomic mass is 9.96. The third kappa shape index (κ3) is 5.91. The maximum atomic E-state index is 13.9. The summed E-state index contributed by atoms with van der Waals surface area (Å²) in [6, 6.07) is 21.9. The monoisotopic (exact) mass is 582 g/mol. The fraction of sp³-hybridized carbons (Fsp3) is 0.182. The van der Waals surface area contributed by atoms with Gasteiger partial charge in [-0.1, -0.05) is 72.5 Å². The first-order valence-electron chi connectivity index (χ1n) is 13.2. The third-order valence-electron chi connectivity index (χ3n) is 6.72. The first-order valence-corrected chi connectivity index (χ1v) is 14.0. The van der Waals surface area contributed by atoms with E-state index in [2.05, 4.69) is 11.6 Å². The van der Waals surface area contributed by atoms with Crippen molar-refractivity contribution in [3.63, 3.8) is 0 Å². The molecule has 1 aromatic heterocycles. The molecule has 0 radical (unpaired) electrons. The highest BCUT2D eigenvalue weighted by atomic mass is 32.1. The standard InChI is InChI=1S/C33H30N2O6S/c1-5-17-40-32(37)29-21(2)34-33-35(31(36)28(42-33)19-23-11-16-26(38-3)27(18-23)39-4)30(29)24-12-14-25(15-13-24)41-20-22-9-7-6-8-10-22/h5-16,18-19,30H,1,17,20H2,2-4H3. The van der Waals surface area contributed by atoms with Gasteiger partial charge in [0.2, 0.25) is 0 Å². The van der Waals surface area contributed by atoms with Crippen LogP contribution in [-0.2, 0) is 16.1 Å². The summed E-state index contributed by atoms with van der Waals surface area (Å²) in [4.78, 5) is 32.3. The van der Waals surface area contributed by atoms with Crippen molar-refractivity contribution in [2.45, 2.75) is 19.6 Å². The van der Waals surface area contributed by atoms with Crippen LogP contribution in [0.4, 0.5) is 0 Å². The Hall–Kier alpha value is -4.89. The van der Waals surface area contributed by atoms with Crippen molar-refractivity contribution in [2.24, 2.45) is 4.99 Å². The molecule has 1 unspecified atom stereocenters. The molecule has 0 fully saturated rings. The normalized spacial score (nSPS) is 14.5. The zero-order chi connectivity index (χ0) is 29.6. The van der Waals surface area contributed by atoms with Crippen molar-refractivity contribution in [3.8, 4) is 17.2 Å². The molecule has 42 heavy (non-hydrogen) atoms. The van der Waals surface area contributed by atoms with Gasteiger partial charge in [-0.15, -0.1) is 0 Å². The van der Waals surface area contributed by atoms with Gasteiger partial charge >= 0.3 is 5.97 Å². The average Bonchev–Trinajstić information content (AvgIpc) is 3.32. The molecular formula is C33H30N2O6S. The highest BCUT2D eigenvalue weighted by Gasteiger charge is 2.33. The second-order valence-electron chi connectivity index (χ2n) is 9.43. The molecule has 9 heteroatoms. The minimum Gasteiger partial charge on any atom is -0.493 e. The van der Waals surface area contributed by atoms with Crippen molar-refractivity contribution in [1.29, 1.82) is 0 Å². The number of benzene rings is 3. The summed E-state index contributed by atoms with van der Waals surface area (Å²) in [5.74, 6) is 1.25. The summed E-state index contributed by atoms with van der Waals surface area (Å²) >= 11 is 1.25. The predicted molar refractivity (Wildman–Crippen MR) is 162 cm³/mol. The number of carbonyl (C=O) groups excluding carboxylic acids is 1. The number of rotatable bonds is 10. The van der Waals surface area contributed by atoms with Gasteiger partial charge in [-0.05, 0) is 54.0 Å². The zero-order valence-corrected chi connectivity index (χ0v) is 24.4. The second-order valence-corrected chi connectivity index (χ2v) is 10.4. The quantitative estimate of drug-likeness (QED) is 0.201. The van der Waals surface area contributed by atoms with Crippen LogP contribution < -0.4 is 29.1 Å². The van der Waals surface area contributed by atoms with Crippen molar-refractivity contribution < 1.29 is 23.7 Å². The molecule has 1 aliphatic rings. The van der Waals surface area contributed by atoms with Crippen LogP contribution in [0.3, 0.4) is 0 Å². The topological polar surface area (TPSA) is 88.4 Å². The molecule has 1 atom stereocenters. The molecule has 0 saturated heterocycles. The molecule has 0 aliphatic carbocycles. The van der Waals surface area contributed by atoms with Gasteiger partial charge in [0, 0.05) is 0 Å². The molecule has 2 heterocycles. The van der Waals surface area contributed by atoms with Gasteiger partial charge in [0.25, 0.3) is 5.56 Å². The number of carbonyl (C=O) groups is 1. The summed E-state index contributed by atoms with van der Waals surface area (Å²) in [6.07, 6.45) is 3.28. The Morgan fingerprint density at radius 1 is 1.02 bits per heavy atom. The van der Waals surface area contributed by atoms with Crippen molar-refractivity contribution in [1.82, 2.24) is 4.57 Å². The molecule has 0 spiro atoms. The van der Waals surface area contributed by atoms with E-state index in [0.717, 1.165) is 16.7 Å². The van der Waals surface area contributed by atoms with E-state index in [1.54, 1.807) is 43.9 Å². The van der Waals surface area contributed by atoms with E-state index >= 15 is 0 Å². The van der Waals surface area contributed by atoms with Gasteiger partial charge in [0.05, 0.1) is 36.1 Å². The predicted octanol–water partition coefficient (Wildman–Crippen LogP) is 4.56. The summed E-state index contributed by atoms with van der Waals surface area (Å²) in [5.41, 5.74) is 3.03. The number of nitrogens with zero attached hydrogens (tertiary/aromatic N) is 2. The minimum absolute atomic E-state index is 0.0400. The summed E-state index contributed by atoms with van der Waals surface area (Å²) in [5, 5.41) is 0. The molecule has 4 aromatic rings. The Bertz CT molecular complexity index is 1820. The summed E-state index contributed by atoms with van der Waals surface area (Å²) in [6.45, 7) is 5.85. The number of methoxy groups -OCH3 is 2. The number of ether oxygens (including phenoxy) is 4. The molecule has 0 bridgehead atoms. The lowest BCUT2D eigenvalue weighted by molar-refractivity contribution is -0.138. The third-order valence-corrected chi connectivity index (χ3v) is 7.71. The SMILES string of the molecule is C=CCOC(=O)C1=C(C)N=c2sc(=Cc3ccc(OC)c(OC)c3)c(=O)n2C1c1ccc(OCc2ccccc2)cc1. The zero-order valence-electron chi connectivity index (χ0n) is 23.5. The largest absolute Gasteiger partial charge is 0.493 e. The molecule has 214 valence electrons. The number of aromatic nitrogens is 1. The van der Waals surface area contributed by atoms with Crippen LogP contribution in [0.25, 0.3) is 6.08 Å². The Morgan fingerprint density at radius 3 is 2.45 bits per heavy atom. The Balaban J connectivity index is 1.56. The maximum Gasteiger partial charge on any atom is 0.338 e. The van der Waals surface area contributed by atoms with Gasteiger partial charge < -0.3 is 18.9 Å². The van der Waals surface area contributed by atoms with Crippen molar-refractivity contribution in [3.05, 3.63) is 133 Å². The van der Waals surface area contributed by atoms with E-state index in [4.69, 9.17) is 18.9 Å². The average molecular weight is 583 g/mol. The molecule has 5 rings (SSSR count). The van der Waals surface area contributed by atoms with Crippen LogP contribution >= 0.6 is 11.3 Å². The molecule has 1 aliphatic heterocycles. The van der Waals surface area contributed by atoms with Crippen LogP contribution in [0, 0.1) is 0 Å². The number of allylic oxidation sites excluding steroid dienone is 1. The molecule has 3 aromatic carbocycles. The number of hydrogen-bond acceptors (Lipinski definition) is 8. The van der Waals surface area contributed by atoms with Crippen molar-refractivity contribution >= 4 is 23.4 Å². The van der Waals surface area contributed by atoms with E-state index in [9.17, 15) is 9.59 Å². The number of thiazole rings is 1. The smallest absolute Gasteiger partial charge is 0.338 e. The fourth-order valence-corrected chi connectivity index (χ4v) is 5.74. The van der Waals surface area contributed by atoms with Crippen LogP contribution in [0.2, 0.25) is 0 Å². The lowest BCUT2D eigenvalue weighted by Crippen LogP contribution is -2.39. The van der Waals surface area contributed by atoms with Crippen LogP contribution in [0.1, 0.15) is 29.7 Å². The highest BCUT2D eigenvalue weighted by Crippen LogP contribution is 2.32. The van der Waals surface area contributed by atoms with Gasteiger partial charge in [-0.3, -0.25) is 9.36 Å². The summed E-state index contributed by atoms with van der Waals surface area (Å²) < 4.78 is 24.1. The number of esters is 1. The van der Waals surface area contributed by atoms with Gasteiger partial charge in [0.15, 0.2) is 16.3 Å². The maximum absolute atomic E-state index is 13.9. The van der Waals surface area contributed by atoms with Gasteiger partial charge in [-0.2, -0.15) is 0 Å². The molecular weight excluding hydrogens is 552 g/mol. The lowest BCUT2D eigenvalue weighted by Gasteiger charge is -2.24. The van der Waals surface area contributed by atoms with Crippen LogP contribution in [0.15, 0.2) is 107 Å². The van der Waals surface area contributed by atoms with E-state index in [0.29, 0.717) is 44.5 Å². The minimum atomic E-state index is -0.741. The number of fused-ring (bicyclic) bond motifs is 1. The Morgan fingerprint density at radius 2 is 1.76 bits per heavy atom. The van der Waals surface area contributed by atoms with Gasteiger partial charge in [0.1, 0.15) is 19.0 Å². The molecule has 8 nitrogen and oxygen atoms in total. The summed E-state index contributed by atoms with van der Waals surface area (Å²) in [7, 11) is 3.13. The van der Waals surface area contributed by atoms with E-state index in [1.165, 1.54) is 17.4 Å². The Labute approximate surface area is 247 Å². The van der Waals surface area contributed by atoms with E-state index in [-0.39, 0.29) is 12.2 Å². The van der Waals surface area contributed by atoms with E-state index < -0.39 is 12.0 Å². The fourth-order valence-electron chi connectivity index (χ4n) is 4.69. The Kier molecular flexibility index (Phi) is 8.68. The highest BCUT2D eigenvalue weighted by molar-refractivity contribution is 7.07. The van der Waals surface area contributed by atoms with E-state index in [1.807, 2.05) is 60.7 Å².